The third kappa shape index (κ3) is 3.35. The molecule has 5 nitrogen and oxygen atoms in total. The van der Waals surface area contributed by atoms with Crippen LogP contribution in [0, 0.1) is 5.92 Å². The summed E-state index contributed by atoms with van der Waals surface area (Å²) in [5, 5.41) is 2.22. The van der Waals surface area contributed by atoms with Crippen LogP contribution in [-0.4, -0.2) is 49.0 Å². The van der Waals surface area contributed by atoms with E-state index in [4.69, 9.17) is 16.3 Å². The van der Waals surface area contributed by atoms with Gasteiger partial charge in [0.2, 0.25) is 5.91 Å². The predicted molar refractivity (Wildman–Crippen MR) is 60.4 cm³/mol. The quantitative estimate of drug-likeness (QED) is 0.736. The summed E-state index contributed by atoms with van der Waals surface area (Å²) in [7, 11) is 1.63. The van der Waals surface area contributed by atoms with Crippen LogP contribution < -0.4 is 5.32 Å². The molecule has 1 heterocycles. The minimum absolute atomic E-state index is 0.0330. The zero-order valence-corrected chi connectivity index (χ0v) is 10.3. The largest absolute Gasteiger partial charge is 0.379 e. The molecule has 3 amide bonds. The van der Waals surface area contributed by atoms with Gasteiger partial charge in [0.1, 0.15) is 5.88 Å². The van der Waals surface area contributed by atoms with E-state index in [9.17, 15) is 9.59 Å². The first kappa shape index (κ1) is 13.3. The van der Waals surface area contributed by atoms with Crippen LogP contribution in [0.2, 0.25) is 0 Å². The lowest BCUT2D eigenvalue weighted by Gasteiger charge is -2.35. The normalized spacial score (nSPS) is 25.3. The number of methoxy groups -OCH3 is 1. The zero-order valence-electron chi connectivity index (χ0n) is 9.53. The van der Waals surface area contributed by atoms with E-state index in [1.807, 2.05) is 0 Å². The number of halogens is 1. The number of nitrogens with one attached hydrogen (secondary N) is 1. The Morgan fingerprint density at radius 1 is 1.56 bits per heavy atom. The molecule has 0 radical (unpaired) electrons. The molecule has 0 aromatic heterocycles. The van der Waals surface area contributed by atoms with Crippen LogP contribution in [0.4, 0.5) is 4.79 Å². The molecule has 1 fully saturated rings. The number of carbonyl (C=O) groups is 2. The number of carbonyl (C=O) groups excluding carboxylic acids is 2. The van der Waals surface area contributed by atoms with E-state index in [2.05, 4.69) is 12.2 Å². The number of amides is 3. The highest BCUT2D eigenvalue weighted by molar-refractivity contribution is 6.28. The molecule has 1 saturated heterocycles. The number of ether oxygens (including phenoxy) is 1. The van der Waals surface area contributed by atoms with Crippen LogP contribution in [0.1, 0.15) is 13.3 Å². The summed E-state index contributed by atoms with van der Waals surface area (Å²) in [5.41, 5.74) is 0. The van der Waals surface area contributed by atoms with Gasteiger partial charge >= 0.3 is 6.03 Å². The van der Waals surface area contributed by atoms with Crippen LogP contribution in [0.15, 0.2) is 0 Å². The molecule has 0 saturated carbocycles. The van der Waals surface area contributed by atoms with E-state index in [1.165, 1.54) is 0 Å². The summed E-state index contributed by atoms with van der Waals surface area (Å²) in [6.45, 7) is 3.24. The second kappa shape index (κ2) is 6.06. The lowest BCUT2D eigenvalue weighted by molar-refractivity contribution is -0.117. The van der Waals surface area contributed by atoms with Gasteiger partial charge in [-0.05, 0) is 12.3 Å². The van der Waals surface area contributed by atoms with E-state index in [-0.39, 0.29) is 18.0 Å². The van der Waals surface area contributed by atoms with Crippen molar-refractivity contribution in [1.82, 2.24) is 10.2 Å². The Labute approximate surface area is 100 Å². The third-order valence-electron chi connectivity index (χ3n) is 2.85. The van der Waals surface area contributed by atoms with Gasteiger partial charge in [-0.2, -0.15) is 0 Å². The molecule has 92 valence electrons. The summed E-state index contributed by atoms with van der Waals surface area (Å²) >= 11 is 5.31. The molecule has 6 heteroatoms. The number of imide groups is 1. The fourth-order valence-corrected chi connectivity index (χ4v) is 1.82. The van der Waals surface area contributed by atoms with E-state index >= 15 is 0 Å². The van der Waals surface area contributed by atoms with E-state index in [1.54, 1.807) is 12.0 Å². The molecular formula is C10H17ClN2O3. The minimum atomic E-state index is -0.473. The highest BCUT2D eigenvalue weighted by atomic mass is 35.5. The number of piperidine rings is 1. The number of hydrogen-bond acceptors (Lipinski definition) is 3. The predicted octanol–water partition coefficient (Wildman–Crippen LogP) is 0.818. The smallest absolute Gasteiger partial charge is 0.324 e. The highest BCUT2D eigenvalue weighted by Gasteiger charge is 2.29. The Kier molecular flexibility index (Phi) is 5.02. The Bertz CT molecular complexity index is 273. The third-order valence-corrected chi connectivity index (χ3v) is 3.09. The summed E-state index contributed by atoms with van der Waals surface area (Å²) in [6, 6.07) is -0.389. The number of nitrogens with zero attached hydrogens (tertiary/aromatic N) is 1. The van der Waals surface area contributed by atoms with Crippen molar-refractivity contribution in [3.8, 4) is 0 Å². The molecule has 1 N–H and O–H groups in total. The number of alkyl halides is 1. The van der Waals surface area contributed by atoms with E-state index < -0.39 is 5.91 Å². The SMILES string of the molecule is COC1CN(C(=O)NC(=O)CCl)CCC1C. The van der Waals surface area contributed by atoms with Crippen molar-refractivity contribution >= 4 is 23.5 Å². The highest BCUT2D eigenvalue weighted by Crippen LogP contribution is 2.19. The van der Waals surface area contributed by atoms with Gasteiger partial charge in [-0.15, -0.1) is 11.6 Å². The second-order valence-electron chi connectivity index (χ2n) is 3.97. The maximum absolute atomic E-state index is 11.6. The summed E-state index contributed by atoms with van der Waals surface area (Å²) in [6.07, 6.45) is 0.909. The molecule has 0 aliphatic carbocycles. The fraction of sp³-hybridized carbons (Fsp3) is 0.800. The van der Waals surface area contributed by atoms with Crippen molar-refractivity contribution in [1.29, 1.82) is 0 Å². The standard InChI is InChI=1S/C10H17ClN2O3/c1-7-3-4-13(6-8(7)16-2)10(15)12-9(14)5-11/h7-8H,3-6H2,1-2H3,(H,12,14,15). The Balaban J connectivity index is 2.48. The first-order chi connectivity index (χ1) is 7.58. The summed E-state index contributed by atoms with van der Waals surface area (Å²) in [5.74, 6) is -0.249. The zero-order chi connectivity index (χ0) is 12.1. The molecule has 1 aliphatic rings. The molecule has 2 unspecified atom stereocenters. The van der Waals surface area contributed by atoms with Crippen molar-refractivity contribution in [2.24, 2.45) is 5.92 Å². The van der Waals surface area contributed by atoms with Gasteiger partial charge in [-0.1, -0.05) is 6.92 Å². The first-order valence-electron chi connectivity index (χ1n) is 5.26. The van der Waals surface area contributed by atoms with Gasteiger partial charge in [0.15, 0.2) is 0 Å². The lowest BCUT2D eigenvalue weighted by Crippen LogP contribution is -2.51. The van der Waals surface area contributed by atoms with Crippen molar-refractivity contribution in [3.05, 3.63) is 0 Å². The van der Waals surface area contributed by atoms with Crippen molar-refractivity contribution in [2.75, 3.05) is 26.1 Å². The average Bonchev–Trinajstić information content (AvgIpc) is 2.29. The van der Waals surface area contributed by atoms with Crippen LogP contribution in [0.3, 0.4) is 0 Å². The van der Waals surface area contributed by atoms with Gasteiger partial charge in [-0.25, -0.2) is 4.79 Å². The van der Waals surface area contributed by atoms with Crippen molar-refractivity contribution in [2.45, 2.75) is 19.4 Å². The first-order valence-corrected chi connectivity index (χ1v) is 5.79. The van der Waals surface area contributed by atoms with Gasteiger partial charge in [0.05, 0.1) is 6.10 Å². The molecule has 0 aromatic carbocycles. The van der Waals surface area contributed by atoms with Gasteiger partial charge in [0.25, 0.3) is 0 Å². The molecular weight excluding hydrogens is 232 g/mol. The van der Waals surface area contributed by atoms with Gasteiger partial charge in [0, 0.05) is 20.2 Å². The summed E-state index contributed by atoms with van der Waals surface area (Å²) in [4.78, 5) is 24.2. The monoisotopic (exact) mass is 248 g/mol. The second-order valence-corrected chi connectivity index (χ2v) is 4.24. The van der Waals surface area contributed by atoms with Crippen molar-refractivity contribution < 1.29 is 14.3 Å². The molecule has 0 aromatic rings. The van der Waals surface area contributed by atoms with Crippen LogP contribution in [0.5, 0.6) is 0 Å². The minimum Gasteiger partial charge on any atom is -0.379 e. The number of rotatable bonds is 2. The number of hydrogen-bond donors (Lipinski definition) is 1. The topological polar surface area (TPSA) is 58.6 Å². The van der Waals surface area contributed by atoms with Gasteiger partial charge < -0.3 is 9.64 Å². The Morgan fingerprint density at radius 3 is 2.81 bits per heavy atom. The maximum Gasteiger partial charge on any atom is 0.324 e. The van der Waals surface area contributed by atoms with Crippen LogP contribution in [-0.2, 0) is 9.53 Å². The number of likely N-dealkylation sites (tertiary alicyclic amines) is 1. The molecule has 1 rings (SSSR count). The van der Waals surface area contributed by atoms with Gasteiger partial charge in [-0.3, -0.25) is 10.1 Å². The molecule has 0 spiro atoms. The Morgan fingerprint density at radius 2 is 2.25 bits per heavy atom. The molecule has 16 heavy (non-hydrogen) atoms. The summed E-state index contributed by atoms with van der Waals surface area (Å²) < 4.78 is 5.28. The maximum atomic E-state index is 11.6. The van der Waals surface area contributed by atoms with Crippen molar-refractivity contribution in [3.63, 3.8) is 0 Å². The molecule has 1 aliphatic heterocycles. The average molecular weight is 249 g/mol. The lowest BCUT2D eigenvalue weighted by atomic mass is 9.96. The fourth-order valence-electron chi connectivity index (χ4n) is 1.76. The van der Waals surface area contributed by atoms with E-state index in [0.29, 0.717) is 19.0 Å². The molecule has 2 atom stereocenters. The number of urea groups is 1. The molecule has 0 bridgehead atoms. The van der Waals surface area contributed by atoms with Crippen LogP contribution in [0.25, 0.3) is 0 Å². The van der Waals surface area contributed by atoms with Crippen LogP contribution >= 0.6 is 11.6 Å². The van der Waals surface area contributed by atoms with E-state index in [0.717, 1.165) is 6.42 Å². The Hall–Kier alpha value is -0.810.